The molecule has 0 spiro atoms. The van der Waals surface area contributed by atoms with Crippen molar-refractivity contribution in [3.8, 4) is 0 Å². The normalized spacial score (nSPS) is 9.62. The second kappa shape index (κ2) is 5.79. The van der Waals surface area contributed by atoms with E-state index in [2.05, 4.69) is 15.0 Å². The first-order valence-corrected chi connectivity index (χ1v) is 4.60. The van der Waals surface area contributed by atoms with Crippen LogP contribution in [0.3, 0.4) is 0 Å². The molecule has 0 aliphatic rings. The fraction of sp³-hybridized carbons (Fsp3) is 0.300. The third kappa shape index (κ3) is 3.64. The van der Waals surface area contributed by atoms with Crippen LogP contribution in [0.1, 0.15) is 16.8 Å². The van der Waals surface area contributed by atoms with E-state index in [-0.39, 0.29) is 18.5 Å². The number of carbonyl (C=O) groups is 2. The summed E-state index contributed by atoms with van der Waals surface area (Å²) in [7, 11) is 1.27. The number of amides is 1. The van der Waals surface area contributed by atoms with Gasteiger partial charge in [-0.15, -0.1) is 0 Å². The Bertz CT molecular complexity index is 395. The zero-order valence-electron chi connectivity index (χ0n) is 8.70. The molecule has 0 aliphatic carbocycles. The summed E-state index contributed by atoms with van der Waals surface area (Å²) in [6.45, 7) is 0.148. The van der Waals surface area contributed by atoms with Gasteiger partial charge in [-0.3, -0.25) is 9.59 Å². The van der Waals surface area contributed by atoms with E-state index in [1.165, 1.54) is 19.4 Å². The third-order valence-electron chi connectivity index (χ3n) is 1.83. The van der Waals surface area contributed by atoms with Crippen molar-refractivity contribution in [2.45, 2.75) is 6.42 Å². The van der Waals surface area contributed by atoms with Gasteiger partial charge in [0.15, 0.2) is 0 Å². The molecule has 0 aromatic carbocycles. The lowest BCUT2D eigenvalue weighted by molar-refractivity contribution is -0.140. The molecule has 6 heteroatoms. The van der Waals surface area contributed by atoms with Crippen molar-refractivity contribution in [1.29, 1.82) is 0 Å². The summed E-state index contributed by atoms with van der Waals surface area (Å²) in [4.78, 5) is 25.5. The molecular formula is C10H11FN2O3. The van der Waals surface area contributed by atoms with E-state index in [4.69, 9.17) is 0 Å². The quantitative estimate of drug-likeness (QED) is 0.600. The Hall–Kier alpha value is -1.98. The molecule has 1 rings (SSSR count). The highest BCUT2D eigenvalue weighted by Gasteiger charge is 2.07. The average molecular weight is 226 g/mol. The van der Waals surface area contributed by atoms with E-state index in [0.717, 1.165) is 6.07 Å². The monoisotopic (exact) mass is 226 g/mol. The molecule has 0 saturated carbocycles. The van der Waals surface area contributed by atoms with Crippen LogP contribution < -0.4 is 5.32 Å². The van der Waals surface area contributed by atoms with Crippen LogP contribution in [0.2, 0.25) is 0 Å². The average Bonchev–Trinajstić information content (AvgIpc) is 2.28. The number of nitrogens with zero attached hydrogens (tertiary/aromatic N) is 1. The van der Waals surface area contributed by atoms with E-state index in [9.17, 15) is 14.0 Å². The first-order chi connectivity index (χ1) is 7.63. The van der Waals surface area contributed by atoms with Crippen molar-refractivity contribution in [2.75, 3.05) is 13.7 Å². The number of halogens is 1. The van der Waals surface area contributed by atoms with Gasteiger partial charge in [0.2, 0.25) is 5.95 Å². The molecule has 0 unspecified atom stereocenters. The highest BCUT2D eigenvalue weighted by molar-refractivity contribution is 5.94. The summed E-state index contributed by atoms with van der Waals surface area (Å²) in [5.41, 5.74) is 0.164. The smallest absolute Gasteiger partial charge is 0.307 e. The minimum Gasteiger partial charge on any atom is -0.469 e. The van der Waals surface area contributed by atoms with Gasteiger partial charge in [-0.2, -0.15) is 4.39 Å². The van der Waals surface area contributed by atoms with Crippen molar-refractivity contribution < 1.29 is 18.7 Å². The first-order valence-electron chi connectivity index (χ1n) is 4.60. The minimum atomic E-state index is -0.722. The predicted octanol–water partition coefficient (Wildman–Crippen LogP) is 0.514. The van der Waals surface area contributed by atoms with Gasteiger partial charge in [-0.05, 0) is 6.07 Å². The number of nitrogens with one attached hydrogen (secondary N) is 1. The maximum Gasteiger partial charge on any atom is 0.307 e. The zero-order valence-corrected chi connectivity index (χ0v) is 8.70. The third-order valence-corrected chi connectivity index (χ3v) is 1.83. The fourth-order valence-corrected chi connectivity index (χ4v) is 1.03. The summed E-state index contributed by atoms with van der Waals surface area (Å²) in [5.74, 6) is -1.59. The zero-order chi connectivity index (χ0) is 12.0. The van der Waals surface area contributed by atoms with Gasteiger partial charge in [-0.1, -0.05) is 0 Å². The Morgan fingerprint density at radius 2 is 2.31 bits per heavy atom. The Labute approximate surface area is 91.6 Å². The van der Waals surface area contributed by atoms with Crippen molar-refractivity contribution in [2.24, 2.45) is 0 Å². The maximum absolute atomic E-state index is 12.7. The lowest BCUT2D eigenvalue weighted by Gasteiger charge is -2.03. The van der Waals surface area contributed by atoms with Crippen LogP contribution in [0.4, 0.5) is 4.39 Å². The number of hydrogen-bond acceptors (Lipinski definition) is 4. The number of rotatable bonds is 4. The summed E-state index contributed by atoms with van der Waals surface area (Å²) in [6, 6.07) is 2.41. The van der Waals surface area contributed by atoms with Gasteiger partial charge in [-0.25, -0.2) is 4.98 Å². The molecule has 0 fully saturated rings. The van der Waals surface area contributed by atoms with Gasteiger partial charge < -0.3 is 10.1 Å². The van der Waals surface area contributed by atoms with Crippen molar-refractivity contribution in [3.63, 3.8) is 0 Å². The molecule has 86 valence electrons. The molecule has 0 aliphatic heterocycles. The second-order valence-corrected chi connectivity index (χ2v) is 2.95. The van der Waals surface area contributed by atoms with Gasteiger partial charge in [0.1, 0.15) is 0 Å². The molecule has 1 heterocycles. The Kier molecular flexibility index (Phi) is 4.38. The van der Waals surface area contributed by atoms with Crippen LogP contribution in [-0.2, 0) is 9.53 Å². The summed E-state index contributed by atoms with van der Waals surface area (Å²) in [5, 5.41) is 2.46. The molecule has 0 radical (unpaired) electrons. The van der Waals surface area contributed by atoms with Crippen molar-refractivity contribution in [3.05, 3.63) is 29.8 Å². The lowest BCUT2D eigenvalue weighted by atomic mass is 10.2. The van der Waals surface area contributed by atoms with Gasteiger partial charge in [0.05, 0.1) is 13.5 Å². The highest BCUT2D eigenvalue weighted by atomic mass is 19.1. The topological polar surface area (TPSA) is 68.3 Å². The number of pyridine rings is 1. The summed E-state index contributed by atoms with van der Waals surface area (Å²) >= 11 is 0. The second-order valence-electron chi connectivity index (χ2n) is 2.95. The highest BCUT2D eigenvalue weighted by Crippen LogP contribution is 1.99. The molecule has 1 amide bonds. The molecular weight excluding hydrogens is 215 g/mol. The Balaban J connectivity index is 2.44. The van der Waals surface area contributed by atoms with Crippen molar-refractivity contribution >= 4 is 11.9 Å². The van der Waals surface area contributed by atoms with Crippen LogP contribution in [0.25, 0.3) is 0 Å². The van der Waals surface area contributed by atoms with Gasteiger partial charge in [0, 0.05) is 24.4 Å². The van der Waals surface area contributed by atoms with Gasteiger partial charge in [0.25, 0.3) is 5.91 Å². The van der Waals surface area contributed by atoms with Crippen LogP contribution in [-0.4, -0.2) is 30.5 Å². The number of carbonyl (C=O) groups excluding carboxylic acids is 2. The molecule has 1 aromatic heterocycles. The maximum atomic E-state index is 12.7. The van der Waals surface area contributed by atoms with Crippen LogP contribution >= 0.6 is 0 Å². The SMILES string of the molecule is COC(=O)CCNC(=O)c1ccnc(F)c1. The van der Waals surface area contributed by atoms with E-state index >= 15 is 0 Å². The molecule has 0 atom stereocenters. The Morgan fingerprint density at radius 3 is 2.94 bits per heavy atom. The number of hydrogen-bond donors (Lipinski definition) is 1. The number of esters is 1. The predicted molar refractivity (Wildman–Crippen MR) is 53.2 cm³/mol. The molecule has 0 bridgehead atoms. The number of aromatic nitrogens is 1. The lowest BCUT2D eigenvalue weighted by Crippen LogP contribution is -2.26. The number of methoxy groups -OCH3 is 1. The van der Waals surface area contributed by atoms with Crippen LogP contribution in [0, 0.1) is 5.95 Å². The van der Waals surface area contributed by atoms with E-state index in [1.807, 2.05) is 0 Å². The fourth-order valence-electron chi connectivity index (χ4n) is 1.03. The van der Waals surface area contributed by atoms with E-state index < -0.39 is 17.8 Å². The Morgan fingerprint density at radius 1 is 1.56 bits per heavy atom. The van der Waals surface area contributed by atoms with E-state index in [0.29, 0.717) is 0 Å². The number of ether oxygens (including phenoxy) is 1. The van der Waals surface area contributed by atoms with E-state index in [1.54, 1.807) is 0 Å². The van der Waals surface area contributed by atoms with Crippen molar-refractivity contribution in [1.82, 2.24) is 10.3 Å². The summed E-state index contributed by atoms with van der Waals surface area (Å²) < 4.78 is 17.1. The largest absolute Gasteiger partial charge is 0.469 e. The molecule has 1 N–H and O–H groups in total. The minimum absolute atomic E-state index is 0.0792. The molecule has 0 saturated heterocycles. The van der Waals surface area contributed by atoms with Crippen LogP contribution in [0.5, 0.6) is 0 Å². The van der Waals surface area contributed by atoms with Gasteiger partial charge >= 0.3 is 5.97 Å². The molecule has 5 nitrogen and oxygen atoms in total. The standard InChI is InChI=1S/C10H11FN2O3/c1-16-9(14)3-5-13-10(15)7-2-4-12-8(11)6-7/h2,4,6H,3,5H2,1H3,(H,13,15). The van der Waals surface area contributed by atoms with Crippen LogP contribution in [0.15, 0.2) is 18.3 Å². The summed E-state index contributed by atoms with van der Waals surface area (Å²) in [6.07, 6.45) is 1.28. The molecule has 16 heavy (non-hydrogen) atoms. The first kappa shape index (κ1) is 12.1. The molecule has 1 aromatic rings.